The average molecular weight is 930 g/mol. The summed E-state index contributed by atoms with van der Waals surface area (Å²) in [5.41, 5.74) is 12.7. The molecule has 0 spiro atoms. The number of fused-ring (bicyclic) bond motifs is 6. The molecule has 0 amide bonds. The number of para-hydroxylation sites is 3. The fourth-order valence-electron chi connectivity index (χ4n) is 10.2. The zero-order chi connectivity index (χ0) is 48.5. The highest BCUT2D eigenvalue weighted by atomic mass is 15.1. The van der Waals surface area contributed by atoms with Crippen molar-refractivity contribution in [3.8, 4) is 79.4 Å². The summed E-state index contributed by atoms with van der Waals surface area (Å²) in [6.07, 6.45) is 0. The van der Waals surface area contributed by atoms with E-state index in [1.165, 1.54) is 0 Å². The molecule has 342 valence electrons. The van der Waals surface area contributed by atoms with Gasteiger partial charge in [-0.1, -0.05) is 115 Å². The molecule has 0 bridgehead atoms. The molecule has 0 unspecified atom stereocenters. The molecule has 0 N–H and O–H groups in total. The summed E-state index contributed by atoms with van der Waals surface area (Å²) in [4.78, 5) is 43.3. The molecule has 13 rings (SSSR count). The summed E-state index contributed by atoms with van der Waals surface area (Å²) >= 11 is 0. The standard InChI is InChI=1S/C61H43N11/c1-36-62-37(2)65-59(64-36)42-27-30-54-48(33-42)45-21-11-14-24-51(45)71(54)52-25-15-12-22-46(52)50-35-44(61-69-57(40-17-7-5-8-18-40)68-58(70-61)41-19-9-6-10-20-41)29-32-56(50)72-53-26-16-13-23-47(53)49-34-43(28-31-55(49)72)60-66-38(3)63-39(4)67-60/h5-35H,1-4H3. The molecule has 0 fully saturated rings. The van der Waals surface area contributed by atoms with E-state index in [1.54, 1.807) is 0 Å². The largest absolute Gasteiger partial charge is 0.309 e. The Morgan fingerprint density at radius 1 is 0.250 bits per heavy atom. The number of aryl methyl sites for hydroxylation is 4. The van der Waals surface area contributed by atoms with Crippen LogP contribution in [-0.2, 0) is 0 Å². The number of benzene rings is 8. The van der Waals surface area contributed by atoms with Crippen molar-refractivity contribution in [3.63, 3.8) is 0 Å². The quantitative estimate of drug-likeness (QED) is 0.146. The van der Waals surface area contributed by atoms with E-state index in [0.29, 0.717) is 52.4 Å². The van der Waals surface area contributed by atoms with Gasteiger partial charge in [-0.05, 0) is 100 Å². The fourth-order valence-corrected chi connectivity index (χ4v) is 10.2. The van der Waals surface area contributed by atoms with Crippen molar-refractivity contribution in [2.45, 2.75) is 27.7 Å². The minimum Gasteiger partial charge on any atom is -0.309 e. The fraction of sp³-hybridized carbons (Fsp3) is 0.0656. The topological polar surface area (TPSA) is 126 Å². The van der Waals surface area contributed by atoms with Crippen molar-refractivity contribution >= 4 is 43.6 Å². The first-order chi connectivity index (χ1) is 35.3. The minimum absolute atomic E-state index is 0.566. The lowest BCUT2D eigenvalue weighted by Crippen LogP contribution is -2.03. The molecule has 8 aromatic carbocycles. The maximum atomic E-state index is 5.21. The molecule has 0 saturated heterocycles. The van der Waals surface area contributed by atoms with Crippen LogP contribution in [0.1, 0.15) is 23.3 Å². The van der Waals surface area contributed by atoms with Gasteiger partial charge in [0, 0.05) is 60.5 Å². The van der Waals surface area contributed by atoms with Gasteiger partial charge in [0.25, 0.3) is 0 Å². The lowest BCUT2D eigenvalue weighted by atomic mass is 9.98. The van der Waals surface area contributed by atoms with Crippen LogP contribution in [0, 0.1) is 27.7 Å². The van der Waals surface area contributed by atoms with Crippen molar-refractivity contribution in [2.75, 3.05) is 0 Å². The van der Waals surface area contributed by atoms with E-state index in [1.807, 2.05) is 88.4 Å². The van der Waals surface area contributed by atoms with E-state index in [9.17, 15) is 0 Å². The molecule has 11 heteroatoms. The van der Waals surface area contributed by atoms with Gasteiger partial charge in [-0.15, -0.1) is 0 Å². The Morgan fingerprint density at radius 2 is 0.611 bits per heavy atom. The summed E-state index contributed by atoms with van der Waals surface area (Å²) in [5.74, 6) is 5.81. The van der Waals surface area contributed by atoms with Crippen LogP contribution < -0.4 is 0 Å². The zero-order valence-corrected chi connectivity index (χ0v) is 39.8. The van der Waals surface area contributed by atoms with E-state index < -0.39 is 0 Å². The average Bonchev–Trinajstić information content (AvgIpc) is 3.92. The van der Waals surface area contributed by atoms with Gasteiger partial charge in [-0.25, -0.2) is 44.9 Å². The van der Waals surface area contributed by atoms with Gasteiger partial charge in [0.2, 0.25) is 0 Å². The molecule has 0 aliphatic rings. The number of hydrogen-bond donors (Lipinski definition) is 0. The molecular formula is C61H43N11. The van der Waals surface area contributed by atoms with Gasteiger partial charge in [-0.2, -0.15) is 0 Å². The Kier molecular flexibility index (Phi) is 10.1. The van der Waals surface area contributed by atoms with E-state index in [0.717, 1.165) is 93.9 Å². The molecule has 13 aromatic rings. The smallest absolute Gasteiger partial charge is 0.164 e. The first-order valence-electron chi connectivity index (χ1n) is 23.9. The molecule has 0 aliphatic heterocycles. The maximum absolute atomic E-state index is 5.21. The summed E-state index contributed by atoms with van der Waals surface area (Å²) in [6.45, 7) is 7.62. The number of aromatic nitrogens is 11. The van der Waals surface area contributed by atoms with Crippen molar-refractivity contribution in [1.82, 2.24) is 54.0 Å². The second kappa shape index (κ2) is 17.1. The number of nitrogens with zero attached hydrogens (tertiary/aromatic N) is 11. The van der Waals surface area contributed by atoms with Crippen molar-refractivity contribution in [2.24, 2.45) is 0 Å². The Labute approximate surface area is 414 Å². The van der Waals surface area contributed by atoms with Gasteiger partial charge in [0.15, 0.2) is 29.1 Å². The molecule has 5 aromatic heterocycles. The summed E-state index contributed by atoms with van der Waals surface area (Å²) in [5, 5.41) is 4.41. The molecular weight excluding hydrogens is 887 g/mol. The predicted octanol–water partition coefficient (Wildman–Crippen LogP) is 13.7. The second-order valence-electron chi connectivity index (χ2n) is 18.0. The molecule has 0 atom stereocenters. The lowest BCUT2D eigenvalue weighted by Gasteiger charge is -2.19. The Morgan fingerprint density at radius 3 is 1.11 bits per heavy atom. The summed E-state index contributed by atoms with van der Waals surface area (Å²) < 4.78 is 4.76. The first kappa shape index (κ1) is 42.5. The molecule has 11 nitrogen and oxygen atoms in total. The third kappa shape index (κ3) is 7.34. The van der Waals surface area contributed by atoms with Crippen molar-refractivity contribution in [3.05, 3.63) is 211 Å². The normalized spacial score (nSPS) is 11.6. The van der Waals surface area contributed by atoms with E-state index in [-0.39, 0.29) is 0 Å². The van der Waals surface area contributed by atoms with Gasteiger partial charge < -0.3 is 9.13 Å². The highest BCUT2D eigenvalue weighted by molar-refractivity contribution is 6.12. The highest BCUT2D eigenvalue weighted by Gasteiger charge is 2.23. The van der Waals surface area contributed by atoms with Crippen LogP contribution in [0.25, 0.3) is 123 Å². The minimum atomic E-state index is 0.566. The third-order valence-electron chi connectivity index (χ3n) is 13.2. The summed E-state index contributed by atoms with van der Waals surface area (Å²) in [6, 6.07) is 65.7. The monoisotopic (exact) mass is 929 g/mol. The lowest BCUT2D eigenvalue weighted by molar-refractivity contribution is 0.928. The van der Waals surface area contributed by atoms with Crippen LogP contribution in [0.4, 0.5) is 0 Å². The Hall–Kier alpha value is -9.61. The summed E-state index contributed by atoms with van der Waals surface area (Å²) in [7, 11) is 0. The van der Waals surface area contributed by atoms with Gasteiger partial charge in [0.1, 0.15) is 23.3 Å². The molecule has 72 heavy (non-hydrogen) atoms. The van der Waals surface area contributed by atoms with Gasteiger partial charge >= 0.3 is 0 Å². The van der Waals surface area contributed by atoms with Crippen molar-refractivity contribution in [1.29, 1.82) is 0 Å². The van der Waals surface area contributed by atoms with Gasteiger partial charge in [-0.3, -0.25) is 0 Å². The van der Waals surface area contributed by atoms with E-state index in [2.05, 4.69) is 146 Å². The van der Waals surface area contributed by atoms with Crippen LogP contribution >= 0.6 is 0 Å². The third-order valence-corrected chi connectivity index (χ3v) is 13.2. The first-order valence-corrected chi connectivity index (χ1v) is 23.9. The number of rotatable bonds is 8. The maximum Gasteiger partial charge on any atom is 0.164 e. The van der Waals surface area contributed by atoms with Crippen molar-refractivity contribution < 1.29 is 0 Å². The van der Waals surface area contributed by atoms with E-state index >= 15 is 0 Å². The zero-order valence-electron chi connectivity index (χ0n) is 39.8. The van der Waals surface area contributed by atoms with Crippen LogP contribution in [0.2, 0.25) is 0 Å². The second-order valence-corrected chi connectivity index (χ2v) is 18.0. The predicted molar refractivity (Wildman–Crippen MR) is 287 cm³/mol. The van der Waals surface area contributed by atoms with Crippen LogP contribution in [0.15, 0.2) is 188 Å². The molecule has 0 aliphatic carbocycles. The highest BCUT2D eigenvalue weighted by Crippen LogP contribution is 2.43. The van der Waals surface area contributed by atoms with Crippen LogP contribution in [-0.4, -0.2) is 54.0 Å². The molecule has 0 radical (unpaired) electrons. The number of hydrogen-bond acceptors (Lipinski definition) is 9. The Balaban J connectivity index is 1.08. The van der Waals surface area contributed by atoms with Crippen LogP contribution in [0.3, 0.4) is 0 Å². The Bertz CT molecular complexity index is 4180. The van der Waals surface area contributed by atoms with Crippen LogP contribution in [0.5, 0.6) is 0 Å². The molecule has 0 saturated carbocycles. The van der Waals surface area contributed by atoms with E-state index in [4.69, 9.17) is 34.9 Å². The SMILES string of the molecule is Cc1nc(C)nc(-c2ccc3c(c2)c2ccccc2n3-c2ccccc2-c2cc(-c3nc(-c4ccccc4)nc(-c4ccccc4)n3)ccc2-n2c3ccccc3c3cc(-c4nc(C)nc(C)n4)ccc32)n1. The van der Waals surface area contributed by atoms with Gasteiger partial charge in [0.05, 0.1) is 33.4 Å². The molecule has 5 heterocycles.